The van der Waals surface area contributed by atoms with Crippen molar-refractivity contribution in [2.75, 3.05) is 20.1 Å². The Morgan fingerprint density at radius 3 is 2.71 bits per heavy atom. The van der Waals surface area contributed by atoms with Gasteiger partial charge in [0.05, 0.1) is 5.71 Å². The van der Waals surface area contributed by atoms with Crippen molar-refractivity contribution in [3.05, 3.63) is 12.2 Å². The summed E-state index contributed by atoms with van der Waals surface area (Å²) in [5.41, 5.74) is 3.75. The molecule has 8 nitrogen and oxygen atoms in total. The number of hydrazone groups is 1. The van der Waals surface area contributed by atoms with Crippen LogP contribution in [0, 0.1) is 5.41 Å². The van der Waals surface area contributed by atoms with Crippen molar-refractivity contribution >= 4 is 29.4 Å². The van der Waals surface area contributed by atoms with Crippen molar-refractivity contribution < 1.29 is 14.2 Å². The zero-order valence-electron chi connectivity index (χ0n) is 14.7. The van der Waals surface area contributed by atoms with Crippen LogP contribution in [-0.4, -0.2) is 70.0 Å². The van der Waals surface area contributed by atoms with Crippen LogP contribution in [0.15, 0.2) is 22.2 Å². The number of carbonyl (C=O) groups excluding carboxylic acids is 2. The van der Waals surface area contributed by atoms with E-state index in [1.807, 2.05) is 17.6 Å². The lowest BCUT2D eigenvalue weighted by Crippen LogP contribution is -2.63. The van der Waals surface area contributed by atoms with E-state index in [-0.39, 0.29) is 23.9 Å². The minimum absolute atomic E-state index is 0.120. The largest absolute Gasteiger partial charge is 0.414 e. The van der Waals surface area contributed by atoms with Gasteiger partial charge in [-0.05, 0) is 6.92 Å². The number of hydrogen-bond acceptors (Lipinski definition) is 5. The molecule has 1 N–H and O–H groups in total. The van der Waals surface area contributed by atoms with E-state index >= 15 is 0 Å². The maximum atomic E-state index is 12.9. The lowest BCUT2D eigenvalue weighted by Gasteiger charge is -2.34. The van der Waals surface area contributed by atoms with Crippen LogP contribution < -0.4 is 5.43 Å². The lowest BCUT2D eigenvalue weighted by molar-refractivity contribution is -0.524. The molecule has 0 aromatic rings. The van der Waals surface area contributed by atoms with Gasteiger partial charge < -0.3 is 0 Å². The number of allylic oxidation sites excluding steroid dienone is 1. The van der Waals surface area contributed by atoms with Gasteiger partial charge in [0, 0.05) is 19.0 Å². The molecule has 3 aliphatic heterocycles. The van der Waals surface area contributed by atoms with E-state index in [4.69, 9.17) is 0 Å². The summed E-state index contributed by atoms with van der Waals surface area (Å²) >= 11 is 0. The summed E-state index contributed by atoms with van der Waals surface area (Å²) in [4.78, 5) is 32.5. The molecule has 1 unspecified atom stereocenters. The van der Waals surface area contributed by atoms with E-state index in [0.717, 1.165) is 5.71 Å². The van der Waals surface area contributed by atoms with Crippen molar-refractivity contribution in [2.24, 2.45) is 15.5 Å². The van der Waals surface area contributed by atoms with E-state index in [1.54, 1.807) is 13.1 Å². The fourth-order valence-corrected chi connectivity index (χ4v) is 2.87. The summed E-state index contributed by atoms with van der Waals surface area (Å²) in [5.74, 6) is 0.723. The van der Waals surface area contributed by atoms with Crippen LogP contribution >= 0.6 is 0 Å². The van der Waals surface area contributed by atoms with Crippen molar-refractivity contribution in [1.82, 2.24) is 15.2 Å². The minimum Gasteiger partial charge on any atom is -0.270 e. The molecule has 3 amide bonds. The summed E-state index contributed by atoms with van der Waals surface area (Å²) < 4.78 is 1.89. The van der Waals surface area contributed by atoms with Gasteiger partial charge in [0.2, 0.25) is 11.9 Å². The number of likely N-dealkylation sites (N-methyl/N-ethyl adjacent to an activating group) is 1. The fraction of sp³-hybridized carbons (Fsp3) is 0.562. The highest BCUT2D eigenvalue weighted by Gasteiger charge is 2.53. The van der Waals surface area contributed by atoms with Crippen LogP contribution in [0.1, 0.15) is 27.7 Å². The Morgan fingerprint density at radius 1 is 1.38 bits per heavy atom. The quantitative estimate of drug-likeness (QED) is 0.595. The van der Waals surface area contributed by atoms with Gasteiger partial charge in [-0.1, -0.05) is 37.9 Å². The predicted octanol–water partition coefficient (Wildman–Crippen LogP) is 0.611. The number of rotatable bonds is 2. The van der Waals surface area contributed by atoms with Crippen LogP contribution in [0.3, 0.4) is 0 Å². The van der Waals surface area contributed by atoms with Crippen LogP contribution in [-0.2, 0) is 4.79 Å². The normalized spacial score (nSPS) is 24.1. The maximum absolute atomic E-state index is 12.9. The molecule has 24 heavy (non-hydrogen) atoms. The Morgan fingerprint density at radius 2 is 2.08 bits per heavy atom. The molecular weight excluding hydrogens is 308 g/mol. The molecular formula is C16H23N6O2+. The second-order valence-corrected chi connectivity index (χ2v) is 7.10. The number of amides is 3. The highest BCUT2D eigenvalue weighted by molar-refractivity contribution is 6.23. The van der Waals surface area contributed by atoms with E-state index in [1.165, 1.54) is 9.80 Å². The SMILES string of the molecule is C/C=C/CN1C(=O)C2C(=NC3=[N+]2CC(C(C)(C)C)=NN3)N(C)C1=O. The molecule has 1 fully saturated rings. The number of amidine groups is 1. The van der Waals surface area contributed by atoms with Gasteiger partial charge in [-0.2, -0.15) is 5.43 Å². The predicted molar refractivity (Wildman–Crippen MR) is 91.1 cm³/mol. The van der Waals surface area contributed by atoms with Crippen LogP contribution in [0.2, 0.25) is 0 Å². The molecule has 0 saturated carbocycles. The molecule has 0 radical (unpaired) electrons. The van der Waals surface area contributed by atoms with Crippen LogP contribution in [0.25, 0.3) is 0 Å². The summed E-state index contributed by atoms with van der Waals surface area (Å²) in [6, 6.07) is -0.946. The molecule has 3 heterocycles. The first-order valence-corrected chi connectivity index (χ1v) is 8.01. The number of guanidine groups is 1. The van der Waals surface area contributed by atoms with Gasteiger partial charge >= 0.3 is 12.0 Å². The van der Waals surface area contributed by atoms with Gasteiger partial charge in [-0.25, -0.2) is 9.37 Å². The van der Waals surface area contributed by atoms with Crippen molar-refractivity contribution in [2.45, 2.75) is 33.7 Å². The zero-order valence-corrected chi connectivity index (χ0v) is 14.7. The molecule has 1 atom stereocenters. The number of urea groups is 1. The Kier molecular flexibility index (Phi) is 3.77. The molecule has 0 bridgehead atoms. The first kappa shape index (κ1) is 16.4. The van der Waals surface area contributed by atoms with E-state index in [0.29, 0.717) is 18.3 Å². The maximum Gasteiger partial charge on any atom is 0.414 e. The number of imide groups is 1. The Balaban J connectivity index is 1.93. The van der Waals surface area contributed by atoms with Crippen molar-refractivity contribution in [3.8, 4) is 0 Å². The van der Waals surface area contributed by atoms with E-state index in [9.17, 15) is 9.59 Å². The number of nitrogens with zero attached hydrogens (tertiary/aromatic N) is 5. The number of aliphatic imine (C=N–C) groups is 1. The Hall–Kier alpha value is -2.51. The molecule has 3 aliphatic rings. The van der Waals surface area contributed by atoms with Crippen molar-refractivity contribution in [1.29, 1.82) is 0 Å². The van der Waals surface area contributed by atoms with Gasteiger partial charge in [-0.15, -0.1) is 5.10 Å². The highest BCUT2D eigenvalue weighted by atomic mass is 16.2. The van der Waals surface area contributed by atoms with Crippen molar-refractivity contribution in [3.63, 3.8) is 0 Å². The number of hydrogen-bond donors (Lipinski definition) is 1. The Labute approximate surface area is 141 Å². The molecule has 1 saturated heterocycles. The fourth-order valence-electron chi connectivity index (χ4n) is 2.87. The molecule has 128 valence electrons. The monoisotopic (exact) mass is 331 g/mol. The van der Waals surface area contributed by atoms with Crippen LogP contribution in [0.5, 0.6) is 0 Å². The number of fused-ring (bicyclic) bond motifs is 2. The smallest absolute Gasteiger partial charge is 0.270 e. The molecule has 0 aromatic heterocycles. The standard InChI is InChI=1S/C16H22N6O2/c1-6-7-8-21-13(23)11-12(20(5)15(21)24)17-14-19-18-10(9-22(11)14)16(2,3)4/h6-7,11H,8-9H2,1-5H3/p+1/b7-6+. The van der Waals surface area contributed by atoms with E-state index < -0.39 is 6.04 Å². The summed E-state index contributed by atoms with van der Waals surface area (Å²) in [7, 11) is 1.65. The second-order valence-electron chi connectivity index (χ2n) is 7.10. The first-order chi connectivity index (χ1) is 11.3. The molecule has 0 spiro atoms. The molecule has 0 aromatic carbocycles. The van der Waals surface area contributed by atoms with Gasteiger partial charge in [0.15, 0.2) is 0 Å². The second kappa shape index (κ2) is 5.54. The number of carbonyl (C=O) groups is 2. The third-order valence-corrected chi connectivity index (χ3v) is 4.41. The minimum atomic E-state index is -0.590. The first-order valence-electron chi connectivity index (χ1n) is 8.01. The molecule has 0 aliphatic carbocycles. The van der Waals surface area contributed by atoms with E-state index in [2.05, 4.69) is 36.3 Å². The van der Waals surface area contributed by atoms with Gasteiger partial charge in [0.1, 0.15) is 6.54 Å². The number of nitrogens with one attached hydrogen (secondary N) is 1. The lowest BCUT2D eigenvalue weighted by atomic mass is 9.89. The zero-order chi connectivity index (χ0) is 17.6. The van der Waals surface area contributed by atoms with Gasteiger partial charge in [-0.3, -0.25) is 14.6 Å². The Bertz CT molecular complexity index is 725. The average Bonchev–Trinajstić information content (AvgIpc) is 2.91. The summed E-state index contributed by atoms with van der Waals surface area (Å²) in [6.45, 7) is 8.86. The highest BCUT2D eigenvalue weighted by Crippen LogP contribution is 2.24. The molecule has 8 heteroatoms. The molecule has 3 rings (SSSR count). The third-order valence-electron chi connectivity index (χ3n) is 4.41. The van der Waals surface area contributed by atoms with Crippen LogP contribution in [0.4, 0.5) is 4.79 Å². The third kappa shape index (κ3) is 2.42. The summed E-state index contributed by atoms with van der Waals surface area (Å²) in [5, 5.41) is 4.38. The average molecular weight is 331 g/mol. The summed E-state index contributed by atoms with van der Waals surface area (Å²) in [6.07, 6.45) is 3.62. The van der Waals surface area contributed by atoms with Gasteiger partial charge in [0.25, 0.3) is 5.91 Å². The topological polar surface area (TPSA) is 80.4 Å².